The number of nitrogen functional groups attached to an aromatic ring is 1. The molecular weight excluding hydrogens is 419 g/mol. The number of ether oxygens (including phenoxy) is 1. The molecule has 29 heavy (non-hydrogen) atoms. The first kappa shape index (κ1) is 19.2. The van der Waals surface area contributed by atoms with E-state index in [4.69, 9.17) is 26.7 Å². The molecule has 0 atom stereocenters. The Bertz CT molecular complexity index is 1140. The molecule has 2 N–H and O–H groups in total. The maximum atomic E-state index is 13.6. The van der Waals surface area contributed by atoms with E-state index in [1.165, 1.54) is 28.6 Å². The Morgan fingerprint density at radius 1 is 1.17 bits per heavy atom. The van der Waals surface area contributed by atoms with Crippen molar-refractivity contribution in [1.82, 2.24) is 25.0 Å². The van der Waals surface area contributed by atoms with Crippen molar-refractivity contribution in [1.29, 1.82) is 0 Å². The van der Waals surface area contributed by atoms with Crippen molar-refractivity contribution in [3.63, 3.8) is 0 Å². The highest BCUT2D eigenvalue weighted by molar-refractivity contribution is 7.98. The molecule has 2 aromatic heterocycles. The fourth-order valence-electron chi connectivity index (χ4n) is 2.39. The van der Waals surface area contributed by atoms with Gasteiger partial charge in [-0.3, -0.25) is 0 Å². The molecule has 148 valence electrons. The predicted octanol–water partition coefficient (Wildman–Crippen LogP) is 3.71. The van der Waals surface area contributed by atoms with Crippen LogP contribution >= 0.6 is 23.4 Å². The monoisotopic (exact) mass is 432 g/mol. The zero-order valence-electron chi connectivity index (χ0n) is 14.8. The van der Waals surface area contributed by atoms with Crippen LogP contribution in [0.4, 0.5) is 4.39 Å². The molecule has 0 aliphatic rings. The normalized spacial score (nSPS) is 11.0. The lowest BCUT2D eigenvalue weighted by molar-refractivity contribution is 0.277. The summed E-state index contributed by atoms with van der Waals surface area (Å²) in [5.41, 5.74) is 0.757. The first-order valence-electron chi connectivity index (χ1n) is 8.38. The lowest BCUT2D eigenvalue weighted by atomic mass is 10.2. The number of hydrogen-bond donors (Lipinski definition) is 1. The van der Waals surface area contributed by atoms with Crippen molar-refractivity contribution in [3.8, 4) is 17.1 Å². The molecule has 11 heteroatoms. The van der Waals surface area contributed by atoms with Crippen molar-refractivity contribution in [3.05, 3.63) is 71.1 Å². The molecule has 8 nitrogen and oxygen atoms in total. The first-order chi connectivity index (χ1) is 14.1. The number of nitrogens with zero attached hydrogens (tertiary/aromatic N) is 5. The van der Waals surface area contributed by atoms with Gasteiger partial charge in [0.05, 0.1) is 5.75 Å². The summed E-state index contributed by atoms with van der Waals surface area (Å²) in [4.78, 5) is 4.34. The van der Waals surface area contributed by atoms with Crippen LogP contribution in [-0.2, 0) is 12.4 Å². The van der Waals surface area contributed by atoms with Gasteiger partial charge in [-0.2, -0.15) is 4.98 Å². The van der Waals surface area contributed by atoms with Crippen LogP contribution in [0.2, 0.25) is 5.02 Å². The van der Waals surface area contributed by atoms with Crippen LogP contribution in [0.5, 0.6) is 5.75 Å². The van der Waals surface area contributed by atoms with Crippen LogP contribution in [0.1, 0.15) is 11.7 Å². The standard InChI is InChI=1S/C18H14ClFN6O2S/c19-12-5-3-4-11(8-12)17-22-16(28-25-17)10-29-18-24-23-15(26(18)21)9-27-14-7-2-1-6-13(14)20/h1-8H,9-10,21H2. The quantitative estimate of drug-likeness (QED) is 0.348. The van der Waals surface area contributed by atoms with Gasteiger partial charge < -0.3 is 15.1 Å². The van der Waals surface area contributed by atoms with Crippen LogP contribution in [0.25, 0.3) is 11.4 Å². The molecule has 0 aliphatic heterocycles. The van der Waals surface area contributed by atoms with Gasteiger partial charge in [0.2, 0.25) is 16.9 Å². The Kier molecular flexibility index (Phi) is 5.63. The Balaban J connectivity index is 1.38. The molecule has 2 aromatic carbocycles. The molecule has 0 unspecified atom stereocenters. The van der Waals surface area contributed by atoms with Crippen molar-refractivity contribution in [2.75, 3.05) is 5.84 Å². The largest absolute Gasteiger partial charge is 0.482 e. The molecule has 2 heterocycles. The molecule has 0 aliphatic carbocycles. The molecule has 0 amide bonds. The van der Waals surface area contributed by atoms with E-state index in [0.717, 1.165) is 5.56 Å². The van der Waals surface area contributed by atoms with Crippen LogP contribution in [0.3, 0.4) is 0 Å². The van der Waals surface area contributed by atoms with Crippen LogP contribution in [-0.4, -0.2) is 25.0 Å². The van der Waals surface area contributed by atoms with Gasteiger partial charge in [0.1, 0.15) is 6.61 Å². The summed E-state index contributed by atoms with van der Waals surface area (Å²) in [6, 6.07) is 13.3. The molecule has 4 aromatic rings. The smallest absolute Gasteiger partial charge is 0.237 e. The second kappa shape index (κ2) is 8.50. The van der Waals surface area contributed by atoms with Crippen molar-refractivity contribution >= 4 is 23.4 Å². The highest BCUT2D eigenvalue weighted by atomic mass is 35.5. The minimum Gasteiger partial charge on any atom is -0.482 e. The lowest BCUT2D eigenvalue weighted by Gasteiger charge is -2.06. The Morgan fingerprint density at radius 3 is 2.86 bits per heavy atom. The summed E-state index contributed by atoms with van der Waals surface area (Å²) in [6.07, 6.45) is 0. The Morgan fingerprint density at radius 2 is 2.03 bits per heavy atom. The van der Waals surface area contributed by atoms with Gasteiger partial charge in [0.15, 0.2) is 17.4 Å². The summed E-state index contributed by atoms with van der Waals surface area (Å²) >= 11 is 7.25. The molecule has 0 spiro atoms. The number of rotatable bonds is 7. The second-order valence-electron chi connectivity index (χ2n) is 5.80. The zero-order valence-corrected chi connectivity index (χ0v) is 16.4. The number of hydrogen-bond acceptors (Lipinski definition) is 8. The van der Waals surface area contributed by atoms with E-state index in [9.17, 15) is 4.39 Å². The first-order valence-corrected chi connectivity index (χ1v) is 9.74. The maximum Gasteiger partial charge on any atom is 0.237 e. The van der Waals surface area contributed by atoms with Gasteiger partial charge in [-0.15, -0.1) is 10.2 Å². The van der Waals surface area contributed by atoms with Crippen molar-refractivity contribution < 1.29 is 13.7 Å². The number of nitrogens with two attached hydrogens (primary N) is 1. The third-order valence-electron chi connectivity index (χ3n) is 3.80. The average Bonchev–Trinajstić information content (AvgIpc) is 3.33. The molecule has 0 bridgehead atoms. The molecule has 0 saturated carbocycles. The van der Waals surface area contributed by atoms with Gasteiger partial charge in [0, 0.05) is 10.6 Å². The van der Waals surface area contributed by atoms with E-state index in [-0.39, 0.29) is 12.4 Å². The van der Waals surface area contributed by atoms with E-state index in [2.05, 4.69) is 20.3 Å². The van der Waals surface area contributed by atoms with Gasteiger partial charge in [0.25, 0.3) is 0 Å². The fourth-order valence-corrected chi connectivity index (χ4v) is 3.30. The summed E-state index contributed by atoms with van der Waals surface area (Å²) in [6.45, 7) is -0.0233. The topological polar surface area (TPSA) is 105 Å². The van der Waals surface area contributed by atoms with Crippen LogP contribution in [0, 0.1) is 5.82 Å². The Labute approximate surface area is 173 Å². The fraction of sp³-hybridized carbons (Fsp3) is 0.111. The second-order valence-corrected chi connectivity index (χ2v) is 7.18. The minimum absolute atomic E-state index is 0.0233. The zero-order chi connectivity index (χ0) is 20.2. The van der Waals surface area contributed by atoms with Crippen molar-refractivity contribution in [2.45, 2.75) is 17.5 Å². The molecule has 4 rings (SSSR count). The average molecular weight is 433 g/mol. The van der Waals surface area contributed by atoms with Crippen LogP contribution < -0.4 is 10.6 Å². The Hall–Kier alpha value is -3.11. The van der Waals surface area contributed by atoms with Gasteiger partial charge >= 0.3 is 0 Å². The SMILES string of the molecule is Nn1c(COc2ccccc2F)nnc1SCc1nc(-c2cccc(Cl)c2)no1. The van der Waals surface area contributed by atoms with E-state index in [0.29, 0.717) is 33.5 Å². The van der Waals surface area contributed by atoms with Crippen molar-refractivity contribution in [2.24, 2.45) is 0 Å². The van der Waals surface area contributed by atoms with Crippen LogP contribution in [0.15, 0.2) is 58.2 Å². The number of aromatic nitrogens is 5. The summed E-state index contributed by atoms with van der Waals surface area (Å²) in [7, 11) is 0. The maximum absolute atomic E-state index is 13.6. The highest BCUT2D eigenvalue weighted by Gasteiger charge is 2.15. The molecule has 0 radical (unpaired) electrons. The summed E-state index contributed by atoms with van der Waals surface area (Å²) in [5, 5.41) is 13.0. The van der Waals surface area contributed by atoms with E-state index < -0.39 is 5.82 Å². The highest BCUT2D eigenvalue weighted by Crippen LogP contribution is 2.24. The van der Waals surface area contributed by atoms with Gasteiger partial charge in [-0.25, -0.2) is 9.07 Å². The lowest BCUT2D eigenvalue weighted by Crippen LogP contribution is -2.16. The number of halogens is 2. The molecular formula is C18H14ClFN6O2S. The van der Waals surface area contributed by atoms with E-state index >= 15 is 0 Å². The predicted molar refractivity (Wildman–Crippen MR) is 105 cm³/mol. The number of thioether (sulfide) groups is 1. The van der Waals surface area contributed by atoms with E-state index in [1.807, 2.05) is 12.1 Å². The summed E-state index contributed by atoms with van der Waals surface area (Å²) < 4.78 is 25.6. The van der Waals surface area contributed by atoms with Gasteiger partial charge in [-0.05, 0) is 24.3 Å². The molecule has 0 saturated heterocycles. The number of benzene rings is 2. The third kappa shape index (κ3) is 4.49. The minimum atomic E-state index is -0.461. The van der Waals surface area contributed by atoms with Gasteiger partial charge in [-0.1, -0.05) is 52.8 Å². The summed E-state index contributed by atoms with van der Waals surface area (Å²) in [5.74, 6) is 7.19. The molecule has 0 fully saturated rings. The number of para-hydroxylation sites is 1. The third-order valence-corrected chi connectivity index (χ3v) is 4.97. The van der Waals surface area contributed by atoms with E-state index in [1.54, 1.807) is 24.3 Å².